The SMILES string of the molecule is COC(=O)N(C/C=C/C(C)=O)Cc1cc2ccccc2[nH]1. The van der Waals surface area contributed by atoms with Crippen molar-refractivity contribution in [1.82, 2.24) is 9.88 Å². The van der Waals surface area contributed by atoms with Crippen LogP contribution in [0.15, 0.2) is 42.5 Å². The van der Waals surface area contributed by atoms with E-state index in [1.807, 2.05) is 30.3 Å². The standard InChI is InChI=1S/C16H18N2O3/c1-12(19)6-5-9-18(16(20)21-2)11-14-10-13-7-3-4-8-15(13)17-14/h3-8,10,17H,9,11H2,1-2H3/b6-5+. The fraction of sp³-hybridized carbons (Fsp3) is 0.250. The Labute approximate surface area is 123 Å². The van der Waals surface area contributed by atoms with Crippen molar-refractivity contribution in [3.63, 3.8) is 0 Å². The molecule has 1 N–H and O–H groups in total. The average molecular weight is 286 g/mol. The van der Waals surface area contributed by atoms with Crippen LogP contribution in [0.1, 0.15) is 12.6 Å². The summed E-state index contributed by atoms with van der Waals surface area (Å²) in [5.74, 6) is -0.0505. The van der Waals surface area contributed by atoms with E-state index in [9.17, 15) is 9.59 Å². The lowest BCUT2D eigenvalue weighted by Crippen LogP contribution is -2.30. The van der Waals surface area contributed by atoms with Crippen molar-refractivity contribution >= 4 is 22.8 Å². The lowest BCUT2D eigenvalue weighted by molar-refractivity contribution is -0.112. The summed E-state index contributed by atoms with van der Waals surface area (Å²) in [6.07, 6.45) is 2.67. The largest absolute Gasteiger partial charge is 0.453 e. The van der Waals surface area contributed by atoms with Gasteiger partial charge in [0, 0.05) is 17.8 Å². The molecule has 0 unspecified atom stereocenters. The van der Waals surface area contributed by atoms with Gasteiger partial charge in [-0.15, -0.1) is 0 Å². The molecule has 0 radical (unpaired) electrons. The molecule has 0 saturated carbocycles. The van der Waals surface area contributed by atoms with Crippen molar-refractivity contribution in [2.75, 3.05) is 13.7 Å². The number of fused-ring (bicyclic) bond motifs is 1. The van der Waals surface area contributed by atoms with Gasteiger partial charge in [-0.05, 0) is 30.5 Å². The zero-order valence-corrected chi connectivity index (χ0v) is 12.1. The Morgan fingerprint density at radius 2 is 2.10 bits per heavy atom. The number of allylic oxidation sites excluding steroid dienone is 1. The predicted octanol–water partition coefficient (Wildman–Crippen LogP) is 2.88. The summed E-state index contributed by atoms with van der Waals surface area (Å²) in [4.78, 5) is 27.5. The molecule has 0 aliphatic carbocycles. The van der Waals surface area contributed by atoms with E-state index in [0.717, 1.165) is 16.6 Å². The molecule has 5 nitrogen and oxygen atoms in total. The van der Waals surface area contributed by atoms with Gasteiger partial charge in [0.05, 0.1) is 13.7 Å². The predicted molar refractivity (Wildman–Crippen MR) is 80.9 cm³/mol. The number of benzene rings is 1. The minimum absolute atomic E-state index is 0.0505. The molecule has 1 heterocycles. The molecule has 0 spiro atoms. The molecular weight excluding hydrogens is 268 g/mol. The van der Waals surface area contributed by atoms with Crippen molar-refractivity contribution in [3.8, 4) is 0 Å². The summed E-state index contributed by atoms with van der Waals surface area (Å²) in [5.41, 5.74) is 1.94. The highest BCUT2D eigenvalue weighted by atomic mass is 16.5. The number of methoxy groups -OCH3 is 1. The second-order valence-electron chi connectivity index (χ2n) is 4.75. The summed E-state index contributed by atoms with van der Waals surface area (Å²) in [6.45, 7) is 2.18. The Kier molecular flexibility index (Phi) is 4.77. The quantitative estimate of drug-likeness (QED) is 0.860. The van der Waals surface area contributed by atoms with Crippen molar-refractivity contribution in [1.29, 1.82) is 0 Å². The summed E-state index contributed by atoms with van der Waals surface area (Å²) in [7, 11) is 1.34. The van der Waals surface area contributed by atoms with Gasteiger partial charge >= 0.3 is 6.09 Å². The number of rotatable bonds is 5. The van der Waals surface area contributed by atoms with Gasteiger partial charge in [0.15, 0.2) is 5.78 Å². The number of ether oxygens (including phenoxy) is 1. The van der Waals surface area contributed by atoms with E-state index < -0.39 is 6.09 Å². The van der Waals surface area contributed by atoms with E-state index in [-0.39, 0.29) is 5.78 Å². The summed E-state index contributed by atoms with van der Waals surface area (Å²) < 4.78 is 4.77. The fourth-order valence-corrected chi connectivity index (χ4v) is 2.10. The third-order valence-electron chi connectivity index (χ3n) is 3.06. The van der Waals surface area contributed by atoms with E-state index in [1.54, 1.807) is 6.08 Å². The van der Waals surface area contributed by atoms with E-state index >= 15 is 0 Å². The molecular formula is C16H18N2O3. The number of H-pyrrole nitrogens is 1. The fourth-order valence-electron chi connectivity index (χ4n) is 2.10. The van der Waals surface area contributed by atoms with Gasteiger partial charge in [-0.3, -0.25) is 9.69 Å². The van der Waals surface area contributed by atoms with Crippen molar-refractivity contribution in [3.05, 3.63) is 48.2 Å². The lowest BCUT2D eigenvalue weighted by Gasteiger charge is -2.18. The van der Waals surface area contributed by atoms with Gasteiger partial charge < -0.3 is 9.72 Å². The minimum atomic E-state index is -0.429. The number of carbonyl (C=O) groups is 2. The number of aromatic amines is 1. The summed E-state index contributed by atoms with van der Waals surface area (Å²) in [5, 5.41) is 1.09. The summed E-state index contributed by atoms with van der Waals surface area (Å²) in [6, 6.07) is 9.91. The Bertz CT molecular complexity index is 640. The number of para-hydroxylation sites is 1. The molecule has 21 heavy (non-hydrogen) atoms. The van der Waals surface area contributed by atoms with Crippen LogP contribution in [0.4, 0.5) is 4.79 Å². The van der Waals surface area contributed by atoms with Crippen LogP contribution in [0.2, 0.25) is 0 Å². The number of carbonyl (C=O) groups excluding carboxylic acids is 2. The van der Waals surface area contributed by atoms with Crippen molar-refractivity contribution < 1.29 is 14.3 Å². The van der Waals surface area contributed by atoms with Crippen LogP contribution < -0.4 is 0 Å². The maximum Gasteiger partial charge on any atom is 0.410 e. The van der Waals surface area contributed by atoms with Crippen molar-refractivity contribution in [2.45, 2.75) is 13.5 Å². The molecule has 0 fully saturated rings. The molecule has 0 aliphatic rings. The molecule has 5 heteroatoms. The van der Waals surface area contributed by atoms with E-state index in [1.165, 1.54) is 25.0 Å². The molecule has 1 aromatic heterocycles. The van der Waals surface area contributed by atoms with Gasteiger partial charge in [-0.2, -0.15) is 0 Å². The highest BCUT2D eigenvalue weighted by molar-refractivity contribution is 5.87. The Morgan fingerprint density at radius 1 is 1.33 bits per heavy atom. The van der Waals surface area contributed by atoms with Crippen LogP contribution in [-0.2, 0) is 16.1 Å². The highest BCUT2D eigenvalue weighted by Gasteiger charge is 2.14. The molecule has 0 saturated heterocycles. The molecule has 110 valence electrons. The topological polar surface area (TPSA) is 62.4 Å². The van der Waals surface area contributed by atoms with Gasteiger partial charge in [0.1, 0.15) is 0 Å². The van der Waals surface area contributed by atoms with Gasteiger partial charge in [0.2, 0.25) is 0 Å². The van der Waals surface area contributed by atoms with Crippen LogP contribution in [0, 0.1) is 0 Å². The first-order valence-electron chi connectivity index (χ1n) is 6.67. The van der Waals surface area contributed by atoms with E-state index in [0.29, 0.717) is 13.1 Å². The first kappa shape index (κ1) is 14.8. The molecule has 2 aromatic rings. The van der Waals surface area contributed by atoms with Gasteiger partial charge in [0.25, 0.3) is 0 Å². The summed E-state index contributed by atoms with van der Waals surface area (Å²) >= 11 is 0. The lowest BCUT2D eigenvalue weighted by atomic mass is 10.2. The maximum absolute atomic E-state index is 11.8. The first-order chi connectivity index (χ1) is 10.1. The normalized spacial score (nSPS) is 11.0. The number of nitrogens with zero attached hydrogens (tertiary/aromatic N) is 1. The Balaban J connectivity index is 2.13. The third kappa shape index (κ3) is 3.95. The van der Waals surface area contributed by atoms with Crippen LogP contribution in [0.5, 0.6) is 0 Å². The highest BCUT2D eigenvalue weighted by Crippen LogP contribution is 2.16. The molecule has 0 aliphatic heterocycles. The smallest absolute Gasteiger partial charge is 0.410 e. The Morgan fingerprint density at radius 3 is 2.76 bits per heavy atom. The number of nitrogens with one attached hydrogen (secondary N) is 1. The molecule has 2 rings (SSSR count). The molecule has 0 bridgehead atoms. The van der Waals surface area contributed by atoms with Crippen LogP contribution in [0.3, 0.4) is 0 Å². The molecule has 1 aromatic carbocycles. The molecule has 1 amide bonds. The number of amides is 1. The zero-order chi connectivity index (χ0) is 15.2. The third-order valence-corrected chi connectivity index (χ3v) is 3.06. The first-order valence-corrected chi connectivity index (χ1v) is 6.67. The van der Waals surface area contributed by atoms with Gasteiger partial charge in [-0.1, -0.05) is 24.3 Å². The number of hydrogen-bond donors (Lipinski definition) is 1. The number of ketones is 1. The zero-order valence-electron chi connectivity index (χ0n) is 12.1. The maximum atomic E-state index is 11.8. The second-order valence-corrected chi connectivity index (χ2v) is 4.75. The van der Waals surface area contributed by atoms with Crippen LogP contribution in [-0.4, -0.2) is 35.4 Å². The van der Waals surface area contributed by atoms with Gasteiger partial charge in [-0.25, -0.2) is 4.79 Å². The van der Waals surface area contributed by atoms with E-state index in [2.05, 4.69) is 4.98 Å². The van der Waals surface area contributed by atoms with Crippen LogP contribution in [0.25, 0.3) is 10.9 Å². The van der Waals surface area contributed by atoms with E-state index in [4.69, 9.17) is 4.74 Å². The second kappa shape index (κ2) is 6.74. The Hall–Kier alpha value is -2.56. The van der Waals surface area contributed by atoms with Crippen LogP contribution >= 0.6 is 0 Å². The minimum Gasteiger partial charge on any atom is -0.453 e. The molecule has 0 atom stereocenters. The average Bonchev–Trinajstić information content (AvgIpc) is 2.87. The number of aromatic nitrogens is 1. The van der Waals surface area contributed by atoms with Crippen molar-refractivity contribution in [2.24, 2.45) is 0 Å². The monoisotopic (exact) mass is 286 g/mol. The number of hydrogen-bond acceptors (Lipinski definition) is 3.